The van der Waals surface area contributed by atoms with E-state index < -0.39 is 5.97 Å². The Bertz CT molecular complexity index is 926. The number of aliphatic carboxylic acids is 1. The zero-order valence-electron chi connectivity index (χ0n) is 20.0. The SMILES string of the molecule is CCCN1C(=O)NCC1(CCOc1ccc(CC(CC)C(=O)O)cc1)Cc1ccc(C)cc1. The van der Waals surface area contributed by atoms with Crippen LogP contribution in [0.5, 0.6) is 5.75 Å². The second-order valence-corrected chi connectivity index (χ2v) is 9.09. The molecule has 0 aliphatic carbocycles. The molecule has 2 aromatic rings. The summed E-state index contributed by atoms with van der Waals surface area (Å²) in [6, 6.07) is 16.2. The highest BCUT2D eigenvalue weighted by Gasteiger charge is 2.44. The number of ether oxygens (including phenoxy) is 1. The molecule has 6 nitrogen and oxygen atoms in total. The maximum Gasteiger partial charge on any atom is 0.318 e. The van der Waals surface area contributed by atoms with Gasteiger partial charge in [-0.15, -0.1) is 0 Å². The van der Waals surface area contributed by atoms with Crippen molar-refractivity contribution >= 4 is 12.0 Å². The summed E-state index contributed by atoms with van der Waals surface area (Å²) < 4.78 is 6.06. The number of carbonyl (C=O) groups is 2. The summed E-state index contributed by atoms with van der Waals surface area (Å²) >= 11 is 0. The molecule has 1 aliphatic heterocycles. The molecule has 0 saturated carbocycles. The van der Waals surface area contributed by atoms with Crippen LogP contribution < -0.4 is 10.1 Å². The Morgan fingerprint density at radius 3 is 2.39 bits per heavy atom. The number of nitrogens with zero attached hydrogens (tertiary/aromatic N) is 1. The van der Waals surface area contributed by atoms with Crippen molar-refractivity contribution in [1.82, 2.24) is 10.2 Å². The van der Waals surface area contributed by atoms with Gasteiger partial charge < -0.3 is 20.1 Å². The van der Waals surface area contributed by atoms with Crippen LogP contribution in [0, 0.1) is 12.8 Å². The Hall–Kier alpha value is -3.02. The summed E-state index contributed by atoms with van der Waals surface area (Å²) in [4.78, 5) is 25.9. The molecule has 0 aromatic heterocycles. The highest BCUT2D eigenvalue weighted by molar-refractivity contribution is 5.78. The normalized spacial score (nSPS) is 18.8. The molecular weight excluding hydrogens is 416 g/mol. The lowest BCUT2D eigenvalue weighted by Gasteiger charge is -2.37. The van der Waals surface area contributed by atoms with Crippen LogP contribution in [0.2, 0.25) is 0 Å². The maximum absolute atomic E-state index is 12.6. The van der Waals surface area contributed by atoms with Gasteiger partial charge in [-0.05, 0) is 55.9 Å². The van der Waals surface area contributed by atoms with Crippen LogP contribution in [0.4, 0.5) is 4.79 Å². The minimum absolute atomic E-state index is 0.00257. The van der Waals surface area contributed by atoms with E-state index >= 15 is 0 Å². The number of hydrogen-bond donors (Lipinski definition) is 2. The molecule has 2 aromatic carbocycles. The average Bonchev–Trinajstić information content (AvgIpc) is 3.10. The lowest BCUT2D eigenvalue weighted by atomic mass is 9.86. The monoisotopic (exact) mass is 452 g/mol. The lowest BCUT2D eigenvalue weighted by Crippen LogP contribution is -2.50. The molecule has 1 heterocycles. The summed E-state index contributed by atoms with van der Waals surface area (Å²) in [6.45, 7) is 7.88. The Labute approximate surface area is 196 Å². The molecule has 178 valence electrons. The molecule has 3 rings (SSSR count). The summed E-state index contributed by atoms with van der Waals surface area (Å²) in [5, 5.41) is 12.3. The molecule has 2 N–H and O–H groups in total. The van der Waals surface area contributed by atoms with Gasteiger partial charge in [0, 0.05) is 19.5 Å². The van der Waals surface area contributed by atoms with Crippen LogP contribution in [0.25, 0.3) is 0 Å². The fourth-order valence-electron chi connectivity index (χ4n) is 4.54. The minimum Gasteiger partial charge on any atom is -0.494 e. The first-order chi connectivity index (χ1) is 15.9. The van der Waals surface area contributed by atoms with Crippen molar-refractivity contribution in [3.05, 3.63) is 65.2 Å². The Balaban J connectivity index is 1.66. The van der Waals surface area contributed by atoms with Gasteiger partial charge in [-0.1, -0.05) is 55.8 Å². The lowest BCUT2D eigenvalue weighted by molar-refractivity contribution is -0.141. The molecule has 33 heavy (non-hydrogen) atoms. The third-order valence-electron chi connectivity index (χ3n) is 6.57. The summed E-state index contributed by atoms with van der Waals surface area (Å²) in [7, 11) is 0. The first-order valence-corrected chi connectivity index (χ1v) is 11.9. The topological polar surface area (TPSA) is 78.9 Å². The second kappa shape index (κ2) is 11.2. The van der Waals surface area contributed by atoms with Gasteiger partial charge in [-0.2, -0.15) is 0 Å². The van der Waals surface area contributed by atoms with E-state index in [-0.39, 0.29) is 17.5 Å². The molecule has 2 atom stereocenters. The van der Waals surface area contributed by atoms with E-state index in [1.165, 1.54) is 11.1 Å². The Morgan fingerprint density at radius 2 is 1.79 bits per heavy atom. The molecule has 2 amide bonds. The van der Waals surface area contributed by atoms with Gasteiger partial charge in [-0.25, -0.2) is 4.79 Å². The van der Waals surface area contributed by atoms with Crippen LogP contribution in [0.3, 0.4) is 0 Å². The molecule has 0 spiro atoms. The second-order valence-electron chi connectivity index (χ2n) is 9.09. The van der Waals surface area contributed by atoms with Crippen LogP contribution in [-0.2, 0) is 17.6 Å². The van der Waals surface area contributed by atoms with Gasteiger partial charge in [0.15, 0.2) is 0 Å². The van der Waals surface area contributed by atoms with E-state index in [1.807, 2.05) is 36.1 Å². The van der Waals surface area contributed by atoms with Crippen LogP contribution in [-0.4, -0.2) is 47.2 Å². The largest absolute Gasteiger partial charge is 0.494 e. The number of hydrogen-bond acceptors (Lipinski definition) is 3. The fraction of sp³-hybridized carbons (Fsp3) is 0.481. The fourth-order valence-corrected chi connectivity index (χ4v) is 4.54. The zero-order chi connectivity index (χ0) is 23.8. The number of benzene rings is 2. The number of nitrogens with one attached hydrogen (secondary N) is 1. The summed E-state index contributed by atoms with van der Waals surface area (Å²) in [5.41, 5.74) is 3.11. The van der Waals surface area contributed by atoms with Crippen molar-refractivity contribution in [3.63, 3.8) is 0 Å². The first kappa shape index (κ1) is 24.6. The standard InChI is InChI=1S/C27H36N2O4/c1-4-15-29-26(32)28-19-27(29,18-22-8-6-20(3)7-9-22)14-16-33-24-12-10-21(11-13-24)17-23(5-2)25(30)31/h6-13,23H,4-5,14-19H2,1-3H3,(H,28,32)(H,30,31). The highest BCUT2D eigenvalue weighted by Crippen LogP contribution is 2.30. The Morgan fingerprint density at radius 1 is 1.12 bits per heavy atom. The molecule has 0 bridgehead atoms. The van der Waals surface area contributed by atoms with Crippen LogP contribution >= 0.6 is 0 Å². The van der Waals surface area contributed by atoms with Gasteiger partial charge >= 0.3 is 12.0 Å². The van der Waals surface area contributed by atoms with Crippen molar-refractivity contribution in [2.75, 3.05) is 19.7 Å². The number of carbonyl (C=O) groups excluding carboxylic acids is 1. The minimum atomic E-state index is -0.756. The van der Waals surface area contributed by atoms with E-state index in [2.05, 4.69) is 43.4 Å². The number of urea groups is 1. The van der Waals surface area contributed by atoms with Gasteiger partial charge in [0.25, 0.3) is 0 Å². The zero-order valence-corrected chi connectivity index (χ0v) is 20.0. The first-order valence-electron chi connectivity index (χ1n) is 11.9. The van der Waals surface area contributed by atoms with E-state index in [1.54, 1.807) is 0 Å². The number of carboxylic acid groups (broad SMARTS) is 1. The van der Waals surface area contributed by atoms with Crippen LogP contribution in [0.15, 0.2) is 48.5 Å². The highest BCUT2D eigenvalue weighted by atomic mass is 16.5. The quantitative estimate of drug-likeness (QED) is 0.483. The number of rotatable bonds is 12. The number of carboxylic acids is 1. The average molecular weight is 453 g/mol. The van der Waals surface area contributed by atoms with Crippen molar-refractivity contribution in [1.29, 1.82) is 0 Å². The smallest absolute Gasteiger partial charge is 0.318 e. The Kier molecular flexibility index (Phi) is 8.37. The van der Waals surface area contributed by atoms with Crippen LogP contribution in [0.1, 0.15) is 49.8 Å². The predicted octanol–water partition coefficient (Wildman–Crippen LogP) is 4.83. The summed E-state index contributed by atoms with van der Waals surface area (Å²) in [6.07, 6.45) is 3.53. The third-order valence-corrected chi connectivity index (χ3v) is 6.57. The van der Waals surface area contributed by atoms with Crippen molar-refractivity contribution in [2.45, 2.75) is 58.4 Å². The van der Waals surface area contributed by atoms with Gasteiger partial charge in [0.1, 0.15) is 5.75 Å². The molecular formula is C27H36N2O4. The molecule has 1 fully saturated rings. The van der Waals surface area contributed by atoms with E-state index in [0.29, 0.717) is 32.5 Å². The number of amides is 2. The van der Waals surface area contributed by atoms with Gasteiger partial charge in [0.2, 0.25) is 0 Å². The van der Waals surface area contributed by atoms with E-state index in [4.69, 9.17) is 4.74 Å². The van der Waals surface area contributed by atoms with Crippen molar-refractivity contribution in [3.8, 4) is 5.75 Å². The third kappa shape index (κ3) is 6.28. The summed E-state index contributed by atoms with van der Waals surface area (Å²) in [5.74, 6) is -0.365. The molecule has 6 heteroatoms. The van der Waals surface area contributed by atoms with Crippen molar-refractivity contribution in [2.24, 2.45) is 5.92 Å². The molecule has 2 unspecified atom stereocenters. The van der Waals surface area contributed by atoms with Crippen molar-refractivity contribution < 1.29 is 19.4 Å². The van der Waals surface area contributed by atoms with E-state index in [0.717, 1.165) is 30.6 Å². The van der Waals surface area contributed by atoms with E-state index in [9.17, 15) is 14.7 Å². The molecule has 0 radical (unpaired) electrons. The van der Waals surface area contributed by atoms with Gasteiger partial charge in [-0.3, -0.25) is 4.79 Å². The molecule has 1 aliphatic rings. The van der Waals surface area contributed by atoms with Gasteiger partial charge in [0.05, 0.1) is 18.1 Å². The molecule has 1 saturated heterocycles. The number of aryl methyl sites for hydroxylation is 1. The predicted molar refractivity (Wildman–Crippen MR) is 130 cm³/mol. The maximum atomic E-state index is 12.6.